The highest BCUT2D eigenvalue weighted by atomic mass is 32.2. The molecule has 3 nitrogen and oxygen atoms in total. The van der Waals surface area contributed by atoms with Crippen LogP contribution in [0.5, 0.6) is 11.5 Å². The molecule has 4 heteroatoms. The van der Waals surface area contributed by atoms with Gasteiger partial charge in [-0.25, -0.2) is 0 Å². The van der Waals surface area contributed by atoms with Crippen LogP contribution in [-0.2, 0) is 0 Å². The first-order valence-corrected chi connectivity index (χ1v) is 8.62. The predicted octanol–water partition coefficient (Wildman–Crippen LogP) is 3.34. The van der Waals surface area contributed by atoms with Gasteiger partial charge in [0.15, 0.2) is 11.5 Å². The van der Waals surface area contributed by atoms with Crippen molar-refractivity contribution in [2.24, 2.45) is 0 Å². The average Bonchev–Trinajstić information content (AvgIpc) is 2.50. The Morgan fingerprint density at radius 2 is 2.00 bits per heavy atom. The molecular formula is C16H25NO2S. The molecular weight excluding hydrogens is 270 g/mol. The summed E-state index contributed by atoms with van der Waals surface area (Å²) in [5, 5.41) is 4.28. The van der Waals surface area contributed by atoms with E-state index in [1.165, 1.54) is 25.0 Å². The van der Waals surface area contributed by atoms with Gasteiger partial charge in [0.1, 0.15) is 6.61 Å². The summed E-state index contributed by atoms with van der Waals surface area (Å²) in [6.07, 6.45) is 4.13. The zero-order valence-corrected chi connectivity index (χ0v) is 13.1. The summed E-state index contributed by atoms with van der Waals surface area (Å²) in [5.41, 5.74) is 0. The van der Waals surface area contributed by atoms with Gasteiger partial charge in [-0.15, -0.1) is 0 Å². The van der Waals surface area contributed by atoms with Crippen molar-refractivity contribution in [3.8, 4) is 11.5 Å². The maximum absolute atomic E-state index is 5.78. The third kappa shape index (κ3) is 5.25. The Labute approximate surface area is 126 Å². The fraction of sp³-hybridized carbons (Fsp3) is 0.625. The Bertz CT molecular complexity index is 380. The summed E-state index contributed by atoms with van der Waals surface area (Å²) >= 11 is 2.10. The Kier molecular flexibility index (Phi) is 7.09. The number of para-hydroxylation sites is 2. The monoisotopic (exact) mass is 295 g/mol. The number of thioether (sulfide) groups is 1. The third-order valence-corrected chi connectivity index (χ3v) is 4.73. The molecule has 1 atom stereocenters. The van der Waals surface area contributed by atoms with E-state index in [1.54, 1.807) is 0 Å². The summed E-state index contributed by atoms with van der Waals surface area (Å²) in [5.74, 6) is 2.99. The molecule has 112 valence electrons. The van der Waals surface area contributed by atoms with Gasteiger partial charge in [0, 0.05) is 18.3 Å². The summed E-state index contributed by atoms with van der Waals surface area (Å²) in [6, 6.07) is 7.85. The molecule has 0 radical (unpaired) electrons. The summed E-state index contributed by atoms with van der Waals surface area (Å²) in [6.45, 7) is 5.32. The van der Waals surface area contributed by atoms with E-state index >= 15 is 0 Å². The second-order valence-electron chi connectivity index (χ2n) is 4.92. The summed E-state index contributed by atoms with van der Waals surface area (Å²) in [7, 11) is 0. The van der Waals surface area contributed by atoms with Gasteiger partial charge in [-0.1, -0.05) is 18.6 Å². The molecule has 1 heterocycles. The largest absolute Gasteiger partial charge is 0.490 e. The maximum atomic E-state index is 5.78. The highest BCUT2D eigenvalue weighted by molar-refractivity contribution is 7.99. The van der Waals surface area contributed by atoms with E-state index in [2.05, 4.69) is 17.1 Å². The quantitative estimate of drug-likeness (QED) is 0.745. The first-order valence-electron chi connectivity index (χ1n) is 7.57. The van der Waals surface area contributed by atoms with E-state index in [1.807, 2.05) is 31.2 Å². The van der Waals surface area contributed by atoms with Crippen molar-refractivity contribution >= 4 is 11.8 Å². The number of rotatable bonds is 8. The fourth-order valence-electron chi connectivity index (χ4n) is 2.31. The molecule has 0 aromatic heterocycles. The Hall–Kier alpha value is -0.870. The van der Waals surface area contributed by atoms with E-state index in [0.717, 1.165) is 29.8 Å². The van der Waals surface area contributed by atoms with E-state index in [-0.39, 0.29) is 0 Å². The van der Waals surface area contributed by atoms with Crippen molar-refractivity contribution in [3.05, 3.63) is 24.3 Å². The van der Waals surface area contributed by atoms with Crippen LogP contribution >= 0.6 is 11.8 Å². The minimum absolute atomic E-state index is 0.664. The molecule has 1 aromatic rings. The molecule has 0 aliphatic carbocycles. The van der Waals surface area contributed by atoms with E-state index < -0.39 is 0 Å². The highest BCUT2D eigenvalue weighted by Crippen LogP contribution is 2.26. The third-order valence-electron chi connectivity index (χ3n) is 3.33. The van der Waals surface area contributed by atoms with Gasteiger partial charge in [-0.05, 0) is 37.7 Å². The Morgan fingerprint density at radius 1 is 1.20 bits per heavy atom. The second kappa shape index (κ2) is 9.14. The lowest BCUT2D eigenvalue weighted by Crippen LogP contribution is -2.30. The molecule has 1 aliphatic rings. The first kappa shape index (κ1) is 15.5. The number of benzene rings is 1. The summed E-state index contributed by atoms with van der Waals surface area (Å²) in [4.78, 5) is 0. The molecule has 0 amide bonds. The van der Waals surface area contributed by atoms with Crippen LogP contribution in [-0.4, -0.2) is 37.3 Å². The lowest BCUT2D eigenvalue weighted by molar-refractivity contribution is 0.276. The van der Waals surface area contributed by atoms with Crippen LogP contribution in [0.2, 0.25) is 0 Å². The normalized spacial score (nSPS) is 18.8. The lowest BCUT2D eigenvalue weighted by atomic mass is 10.2. The van der Waals surface area contributed by atoms with Gasteiger partial charge in [-0.2, -0.15) is 11.8 Å². The first-order chi connectivity index (χ1) is 9.90. The Morgan fingerprint density at radius 3 is 2.70 bits per heavy atom. The van der Waals surface area contributed by atoms with Crippen molar-refractivity contribution in [2.45, 2.75) is 31.4 Å². The highest BCUT2D eigenvalue weighted by Gasteiger charge is 2.12. The van der Waals surface area contributed by atoms with E-state index in [9.17, 15) is 0 Å². The molecule has 1 N–H and O–H groups in total. The van der Waals surface area contributed by atoms with Crippen molar-refractivity contribution < 1.29 is 9.47 Å². The van der Waals surface area contributed by atoms with E-state index in [0.29, 0.717) is 13.2 Å². The van der Waals surface area contributed by atoms with Crippen LogP contribution in [0, 0.1) is 0 Å². The Balaban J connectivity index is 1.63. The number of nitrogens with one attached hydrogen (secondary N) is 1. The molecule has 0 bridgehead atoms. The van der Waals surface area contributed by atoms with Crippen LogP contribution in [0.4, 0.5) is 0 Å². The molecule has 1 unspecified atom stereocenters. The van der Waals surface area contributed by atoms with Crippen LogP contribution in [0.15, 0.2) is 24.3 Å². The molecule has 20 heavy (non-hydrogen) atoms. The standard InChI is InChI=1S/C16H25NO2S/c1-2-18-15-8-3-4-9-16(15)19-11-10-17-13-14-7-5-6-12-20-14/h3-4,8-9,14,17H,2,5-7,10-13H2,1H3. The zero-order valence-electron chi connectivity index (χ0n) is 12.3. The maximum Gasteiger partial charge on any atom is 0.161 e. The smallest absolute Gasteiger partial charge is 0.161 e. The SMILES string of the molecule is CCOc1ccccc1OCCNCC1CCCCS1. The minimum Gasteiger partial charge on any atom is -0.490 e. The molecule has 0 spiro atoms. The van der Waals surface area contributed by atoms with Gasteiger partial charge >= 0.3 is 0 Å². The van der Waals surface area contributed by atoms with Gasteiger partial charge < -0.3 is 14.8 Å². The molecule has 0 saturated carbocycles. The molecule has 1 aromatic carbocycles. The fourth-order valence-corrected chi connectivity index (χ4v) is 3.58. The van der Waals surface area contributed by atoms with Crippen LogP contribution in [0.3, 0.4) is 0 Å². The van der Waals surface area contributed by atoms with Crippen LogP contribution in [0.25, 0.3) is 0 Å². The molecule has 1 aliphatic heterocycles. The van der Waals surface area contributed by atoms with Crippen molar-refractivity contribution in [3.63, 3.8) is 0 Å². The number of hydrogen-bond donors (Lipinski definition) is 1. The van der Waals surface area contributed by atoms with E-state index in [4.69, 9.17) is 9.47 Å². The lowest BCUT2D eigenvalue weighted by Gasteiger charge is -2.21. The average molecular weight is 295 g/mol. The zero-order chi connectivity index (χ0) is 14.0. The summed E-state index contributed by atoms with van der Waals surface area (Å²) < 4.78 is 11.3. The van der Waals surface area contributed by atoms with Crippen molar-refractivity contribution in [1.82, 2.24) is 5.32 Å². The van der Waals surface area contributed by atoms with Gasteiger partial charge in [-0.3, -0.25) is 0 Å². The molecule has 1 saturated heterocycles. The van der Waals surface area contributed by atoms with Crippen molar-refractivity contribution in [2.75, 3.05) is 32.1 Å². The minimum atomic E-state index is 0.664. The number of hydrogen-bond acceptors (Lipinski definition) is 4. The number of ether oxygens (including phenoxy) is 2. The second-order valence-corrected chi connectivity index (χ2v) is 6.33. The van der Waals surface area contributed by atoms with Gasteiger partial charge in [0.25, 0.3) is 0 Å². The topological polar surface area (TPSA) is 30.5 Å². The van der Waals surface area contributed by atoms with Gasteiger partial charge in [0.2, 0.25) is 0 Å². The molecule has 1 fully saturated rings. The molecule has 2 rings (SSSR count). The van der Waals surface area contributed by atoms with Crippen LogP contribution < -0.4 is 14.8 Å². The van der Waals surface area contributed by atoms with Crippen molar-refractivity contribution in [1.29, 1.82) is 0 Å². The van der Waals surface area contributed by atoms with Gasteiger partial charge in [0.05, 0.1) is 6.61 Å². The predicted molar refractivity (Wildman–Crippen MR) is 86.1 cm³/mol. The van der Waals surface area contributed by atoms with Crippen LogP contribution in [0.1, 0.15) is 26.2 Å².